The van der Waals surface area contributed by atoms with Gasteiger partial charge in [-0.25, -0.2) is 4.98 Å². The highest BCUT2D eigenvalue weighted by Gasteiger charge is 2.16. The number of aryl methyl sites for hydroxylation is 1. The molecule has 188 valence electrons. The van der Waals surface area contributed by atoms with Crippen LogP contribution in [0.2, 0.25) is 5.02 Å². The lowest BCUT2D eigenvalue weighted by molar-refractivity contribution is 0.0948. The molecule has 0 aliphatic carbocycles. The van der Waals surface area contributed by atoms with E-state index in [2.05, 4.69) is 16.8 Å². The van der Waals surface area contributed by atoms with Gasteiger partial charge < -0.3 is 14.3 Å². The van der Waals surface area contributed by atoms with Crippen molar-refractivity contribution in [3.05, 3.63) is 106 Å². The van der Waals surface area contributed by atoms with Crippen LogP contribution in [0.4, 0.5) is 0 Å². The summed E-state index contributed by atoms with van der Waals surface area (Å²) >= 11 is 6.05. The minimum atomic E-state index is -0.195. The summed E-state index contributed by atoms with van der Waals surface area (Å²) in [6, 6.07) is 19.9. The molecule has 8 heteroatoms. The number of nitrogens with zero attached hydrogens (tertiary/aromatic N) is 3. The molecular weight excluding hydrogens is 488 g/mol. The fourth-order valence-electron chi connectivity index (χ4n) is 4.31. The SMILES string of the molecule is CCCCCn1c(-c2ccc(C(=O)NCc3ccco3)cc2)cc(=O)n2cc(-c3ccc(Cl)cc3)nc12. The van der Waals surface area contributed by atoms with Gasteiger partial charge in [0.05, 0.1) is 24.2 Å². The fraction of sp³-hybridized carbons (Fsp3) is 0.207. The Morgan fingerprint density at radius 2 is 1.78 bits per heavy atom. The molecule has 37 heavy (non-hydrogen) atoms. The predicted molar refractivity (Wildman–Crippen MR) is 145 cm³/mol. The van der Waals surface area contributed by atoms with Crippen LogP contribution in [0.3, 0.4) is 0 Å². The number of rotatable bonds is 9. The van der Waals surface area contributed by atoms with E-state index < -0.39 is 0 Å². The van der Waals surface area contributed by atoms with Crippen LogP contribution in [-0.4, -0.2) is 19.9 Å². The summed E-state index contributed by atoms with van der Waals surface area (Å²) in [5.41, 5.74) is 3.57. The fourth-order valence-corrected chi connectivity index (χ4v) is 4.44. The summed E-state index contributed by atoms with van der Waals surface area (Å²) in [5.74, 6) is 1.08. The van der Waals surface area contributed by atoms with Crippen LogP contribution < -0.4 is 10.9 Å². The van der Waals surface area contributed by atoms with Crippen LogP contribution in [0.1, 0.15) is 42.3 Å². The molecule has 3 heterocycles. The number of carbonyl (C=O) groups excluding carboxylic acids is 1. The van der Waals surface area contributed by atoms with E-state index in [0.29, 0.717) is 34.4 Å². The lowest BCUT2D eigenvalue weighted by Gasteiger charge is -2.15. The lowest BCUT2D eigenvalue weighted by atomic mass is 10.1. The average Bonchev–Trinajstić information content (AvgIpc) is 3.60. The van der Waals surface area contributed by atoms with Gasteiger partial charge in [-0.1, -0.05) is 55.6 Å². The van der Waals surface area contributed by atoms with Gasteiger partial charge in [0.2, 0.25) is 5.78 Å². The van der Waals surface area contributed by atoms with Crippen LogP contribution in [0.15, 0.2) is 88.4 Å². The largest absolute Gasteiger partial charge is 0.467 e. The molecule has 1 amide bonds. The van der Waals surface area contributed by atoms with Gasteiger partial charge in [0.15, 0.2) is 0 Å². The standard InChI is InChI=1S/C29H27ClN4O3/c1-2-3-4-15-33-26(21-7-9-22(10-8-21)28(36)31-18-24-6-5-16-37-24)17-27(35)34-19-25(32-29(33)34)20-11-13-23(30)14-12-20/h5-14,16-17,19H,2-4,15,18H2,1H3,(H,31,36). The van der Waals surface area contributed by atoms with Crippen LogP contribution in [-0.2, 0) is 13.1 Å². The maximum Gasteiger partial charge on any atom is 0.259 e. The first-order chi connectivity index (χ1) is 18.0. The molecule has 0 saturated carbocycles. The van der Waals surface area contributed by atoms with E-state index in [9.17, 15) is 9.59 Å². The molecule has 2 aromatic carbocycles. The number of aromatic nitrogens is 3. The van der Waals surface area contributed by atoms with Crippen LogP contribution in [0.5, 0.6) is 0 Å². The molecule has 0 unspecified atom stereocenters. The molecule has 1 N–H and O–H groups in total. The van der Waals surface area contributed by atoms with E-state index in [1.807, 2.05) is 42.5 Å². The molecule has 5 rings (SSSR count). The van der Waals surface area contributed by atoms with Gasteiger partial charge in [0.25, 0.3) is 11.5 Å². The number of fused-ring (bicyclic) bond motifs is 1. The summed E-state index contributed by atoms with van der Waals surface area (Å²) in [7, 11) is 0. The van der Waals surface area contributed by atoms with Crippen molar-refractivity contribution < 1.29 is 9.21 Å². The van der Waals surface area contributed by atoms with Crippen LogP contribution >= 0.6 is 11.6 Å². The lowest BCUT2D eigenvalue weighted by Crippen LogP contribution is -2.22. The predicted octanol–water partition coefficient (Wildman–Crippen LogP) is 6.20. The Hall–Kier alpha value is -4.10. The minimum Gasteiger partial charge on any atom is -0.467 e. The van der Waals surface area contributed by atoms with Crippen molar-refractivity contribution >= 4 is 23.3 Å². The van der Waals surface area contributed by atoms with E-state index in [-0.39, 0.29) is 11.5 Å². The molecule has 0 atom stereocenters. The Labute approximate surface area is 219 Å². The van der Waals surface area contributed by atoms with Gasteiger partial charge in [-0.05, 0) is 48.4 Å². The molecule has 0 aliphatic heterocycles. The monoisotopic (exact) mass is 514 g/mol. The summed E-state index contributed by atoms with van der Waals surface area (Å²) in [6.45, 7) is 3.19. The Bertz CT molecular complexity index is 1570. The minimum absolute atomic E-state index is 0.162. The van der Waals surface area contributed by atoms with Gasteiger partial charge in [-0.2, -0.15) is 0 Å². The second-order valence-electron chi connectivity index (χ2n) is 8.87. The molecule has 0 bridgehead atoms. The maximum atomic E-state index is 13.1. The molecule has 0 saturated heterocycles. The summed E-state index contributed by atoms with van der Waals surface area (Å²) in [5, 5.41) is 3.50. The smallest absolute Gasteiger partial charge is 0.259 e. The van der Waals surface area contributed by atoms with Crippen LogP contribution in [0.25, 0.3) is 28.3 Å². The van der Waals surface area contributed by atoms with Crippen molar-refractivity contribution in [2.24, 2.45) is 0 Å². The zero-order valence-corrected chi connectivity index (χ0v) is 21.2. The third-order valence-corrected chi connectivity index (χ3v) is 6.54. The zero-order valence-electron chi connectivity index (χ0n) is 20.5. The normalized spacial score (nSPS) is 11.2. The van der Waals surface area contributed by atoms with Crippen molar-refractivity contribution in [1.82, 2.24) is 19.3 Å². The number of halogens is 1. The van der Waals surface area contributed by atoms with Crippen molar-refractivity contribution in [1.29, 1.82) is 0 Å². The van der Waals surface area contributed by atoms with Crippen molar-refractivity contribution in [3.63, 3.8) is 0 Å². The van der Waals surface area contributed by atoms with Gasteiger partial charge in [0, 0.05) is 35.0 Å². The number of amides is 1. The molecule has 0 spiro atoms. The Balaban J connectivity index is 1.50. The number of carbonyl (C=O) groups is 1. The van der Waals surface area contributed by atoms with E-state index in [4.69, 9.17) is 21.0 Å². The molecule has 3 aromatic heterocycles. The van der Waals surface area contributed by atoms with Crippen LogP contribution in [0, 0.1) is 0 Å². The van der Waals surface area contributed by atoms with E-state index >= 15 is 0 Å². The Morgan fingerprint density at radius 3 is 2.49 bits per heavy atom. The number of imidazole rings is 1. The number of hydrogen-bond acceptors (Lipinski definition) is 4. The number of unbranched alkanes of at least 4 members (excludes halogenated alkanes) is 2. The Morgan fingerprint density at radius 1 is 1.03 bits per heavy atom. The molecule has 0 radical (unpaired) electrons. The van der Waals surface area contributed by atoms with E-state index in [1.165, 1.54) is 0 Å². The number of furan rings is 1. The molecule has 0 aliphatic rings. The van der Waals surface area contributed by atoms with Crippen molar-refractivity contribution in [3.8, 4) is 22.5 Å². The third-order valence-electron chi connectivity index (χ3n) is 6.29. The van der Waals surface area contributed by atoms with Gasteiger partial charge in [0.1, 0.15) is 5.76 Å². The summed E-state index contributed by atoms with van der Waals surface area (Å²) in [6.07, 6.45) is 6.45. The van der Waals surface area contributed by atoms with E-state index in [1.54, 1.807) is 41.1 Å². The second kappa shape index (κ2) is 10.9. The van der Waals surface area contributed by atoms with Crippen molar-refractivity contribution in [2.45, 2.75) is 39.3 Å². The third kappa shape index (κ3) is 5.37. The average molecular weight is 515 g/mol. The molecule has 5 aromatic rings. The highest BCUT2D eigenvalue weighted by atomic mass is 35.5. The molecule has 7 nitrogen and oxygen atoms in total. The molecule has 0 fully saturated rings. The quantitative estimate of drug-likeness (QED) is 0.237. The van der Waals surface area contributed by atoms with Gasteiger partial charge in [-0.15, -0.1) is 0 Å². The maximum absolute atomic E-state index is 13.1. The number of nitrogens with one attached hydrogen (secondary N) is 1. The number of benzene rings is 2. The Kier molecular flexibility index (Phi) is 7.23. The van der Waals surface area contributed by atoms with Gasteiger partial charge >= 0.3 is 0 Å². The topological polar surface area (TPSA) is 81.5 Å². The molecular formula is C29H27ClN4O3. The summed E-state index contributed by atoms with van der Waals surface area (Å²) < 4.78 is 8.95. The first-order valence-corrected chi connectivity index (χ1v) is 12.7. The zero-order chi connectivity index (χ0) is 25.8. The summed E-state index contributed by atoms with van der Waals surface area (Å²) in [4.78, 5) is 30.6. The second-order valence-corrected chi connectivity index (χ2v) is 9.31. The van der Waals surface area contributed by atoms with E-state index in [0.717, 1.165) is 42.6 Å². The first kappa shape index (κ1) is 24.6. The highest BCUT2D eigenvalue weighted by Crippen LogP contribution is 2.25. The van der Waals surface area contributed by atoms with Gasteiger partial charge in [-0.3, -0.25) is 14.0 Å². The van der Waals surface area contributed by atoms with Crippen molar-refractivity contribution in [2.75, 3.05) is 0 Å². The first-order valence-electron chi connectivity index (χ1n) is 12.3. The number of hydrogen-bond donors (Lipinski definition) is 1. The highest BCUT2D eigenvalue weighted by molar-refractivity contribution is 6.30.